The van der Waals surface area contributed by atoms with Crippen molar-refractivity contribution in [1.82, 2.24) is 19.9 Å². The average molecular weight is 272 g/mol. The van der Waals surface area contributed by atoms with Crippen molar-refractivity contribution in [3.63, 3.8) is 0 Å². The molecule has 4 heteroatoms. The Kier molecular flexibility index (Phi) is 4.01. The van der Waals surface area contributed by atoms with Crippen LogP contribution in [0.25, 0.3) is 11.2 Å². The maximum atomic E-state index is 4.79. The summed E-state index contributed by atoms with van der Waals surface area (Å²) in [5.74, 6) is 1.80. The van der Waals surface area contributed by atoms with E-state index in [2.05, 4.69) is 34.8 Å². The summed E-state index contributed by atoms with van der Waals surface area (Å²) in [5, 5.41) is 3.63. The molecular formula is C16H24N4. The normalized spacial score (nSPS) is 19.9. The third-order valence-electron chi connectivity index (χ3n) is 3.99. The maximum absolute atomic E-state index is 4.79. The number of rotatable bonds is 4. The van der Waals surface area contributed by atoms with E-state index in [9.17, 15) is 0 Å². The van der Waals surface area contributed by atoms with Gasteiger partial charge in [-0.2, -0.15) is 0 Å². The highest BCUT2D eigenvalue weighted by atomic mass is 15.1. The second kappa shape index (κ2) is 5.92. The van der Waals surface area contributed by atoms with Gasteiger partial charge in [-0.15, -0.1) is 0 Å². The van der Waals surface area contributed by atoms with Gasteiger partial charge in [0.15, 0.2) is 5.65 Å². The quantitative estimate of drug-likeness (QED) is 0.930. The molecule has 3 heterocycles. The number of nitrogens with one attached hydrogen (secondary N) is 1. The van der Waals surface area contributed by atoms with Crippen LogP contribution < -0.4 is 5.32 Å². The standard InChI is InChI=1S/C16H24N4/c1-12(2)10-15-19-14-7-5-9-18-16(14)20(15)11-13-6-3-4-8-17-13/h5,7,9,12-13,17H,3-4,6,8,10-11H2,1-2H3. The van der Waals surface area contributed by atoms with E-state index in [4.69, 9.17) is 4.98 Å². The molecule has 1 saturated heterocycles. The minimum atomic E-state index is 0.564. The molecule has 1 aliphatic rings. The van der Waals surface area contributed by atoms with E-state index >= 15 is 0 Å². The number of pyridine rings is 1. The molecule has 1 aliphatic heterocycles. The van der Waals surface area contributed by atoms with Gasteiger partial charge in [-0.1, -0.05) is 20.3 Å². The van der Waals surface area contributed by atoms with Crippen molar-refractivity contribution in [2.75, 3.05) is 6.54 Å². The number of fused-ring (bicyclic) bond motifs is 1. The largest absolute Gasteiger partial charge is 0.312 e. The lowest BCUT2D eigenvalue weighted by Gasteiger charge is -2.24. The second-order valence-corrected chi connectivity index (χ2v) is 6.23. The Labute approximate surface area is 120 Å². The van der Waals surface area contributed by atoms with Crippen LogP contribution >= 0.6 is 0 Å². The fraction of sp³-hybridized carbons (Fsp3) is 0.625. The van der Waals surface area contributed by atoms with Crippen LogP contribution in [0.2, 0.25) is 0 Å². The van der Waals surface area contributed by atoms with Crippen LogP contribution in [0.1, 0.15) is 38.9 Å². The van der Waals surface area contributed by atoms with E-state index in [0.29, 0.717) is 12.0 Å². The smallest absolute Gasteiger partial charge is 0.160 e. The molecule has 0 saturated carbocycles. The Morgan fingerprint density at radius 1 is 1.40 bits per heavy atom. The fourth-order valence-electron chi connectivity index (χ4n) is 3.02. The number of hydrogen-bond acceptors (Lipinski definition) is 3. The Morgan fingerprint density at radius 2 is 2.30 bits per heavy atom. The van der Waals surface area contributed by atoms with Gasteiger partial charge in [0.1, 0.15) is 11.3 Å². The summed E-state index contributed by atoms with van der Waals surface area (Å²) in [5.41, 5.74) is 2.06. The van der Waals surface area contributed by atoms with Crippen molar-refractivity contribution < 1.29 is 0 Å². The van der Waals surface area contributed by atoms with Crippen LogP contribution in [0.5, 0.6) is 0 Å². The first-order valence-electron chi connectivity index (χ1n) is 7.77. The van der Waals surface area contributed by atoms with E-state index in [-0.39, 0.29) is 0 Å². The van der Waals surface area contributed by atoms with Crippen LogP contribution in [0.3, 0.4) is 0 Å². The van der Waals surface area contributed by atoms with Gasteiger partial charge in [0.05, 0.1) is 0 Å². The minimum absolute atomic E-state index is 0.564. The van der Waals surface area contributed by atoms with Crippen molar-refractivity contribution in [2.45, 2.75) is 52.1 Å². The molecule has 1 atom stereocenters. The molecule has 0 aliphatic carbocycles. The third-order valence-corrected chi connectivity index (χ3v) is 3.99. The van der Waals surface area contributed by atoms with Gasteiger partial charge >= 0.3 is 0 Å². The molecule has 0 aromatic carbocycles. The summed E-state index contributed by atoms with van der Waals surface area (Å²) in [6.07, 6.45) is 6.78. The van der Waals surface area contributed by atoms with Gasteiger partial charge in [0, 0.05) is 25.2 Å². The van der Waals surface area contributed by atoms with Crippen LogP contribution in [0, 0.1) is 5.92 Å². The predicted molar refractivity (Wildman–Crippen MR) is 81.7 cm³/mol. The molecule has 2 aromatic rings. The molecule has 20 heavy (non-hydrogen) atoms. The number of aromatic nitrogens is 3. The number of piperidine rings is 1. The average Bonchev–Trinajstić information content (AvgIpc) is 2.77. The lowest BCUT2D eigenvalue weighted by atomic mass is 10.0. The molecular weight excluding hydrogens is 248 g/mol. The van der Waals surface area contributed by atoms with E-state index < -0.39 is 0 Å². The van der Waals surface area contributed by atoms with Gasteiger partial charge in [0.2, 0.25) is 0 Å². The zero-order valence-electron chi connectivity index (χ0n) is 12.5. The summed E-state index contributed by atoms with van der Waals surface area (Å²) < 4.78 is 2.33. The minimum Gasteiger partial charge on any atom is -0.312 e. The topological polar surface area (TPSA) is 42.7 Å². The molecule has 108 valence electrons. The summed E-state index contributed by atoms with van der Waals surface area (Å²) >= 11 is 0. The molecule has 0 radical (unpaired) electrons. The predicted octanol–water partition coefficient (Wildman–Crippen LogP) is 2.77. The summed E-state index contributed by atoms with van der Waals surface area (Å²) in [7, 11) is 0. The lowest BCUT2D eigenvalue weighted by Crippen LogP contribution is -2.37. The summed E-state index contributed by atoms with van der Waals surface area (Å²) in [4.78, 5) is 9.34. The van der Waals surface area contributed by atoms with Crippen LogP contribution in [0.15, 0.2) is 18.3 Å². The van der Waals surface area contributed by atoms with E-state index in [1.807, 2.05) is 12.3 Å². The Hall–Kier alpha value is -1.42. The summed E-state index contributed by atoms with van der Waals surface area (Å²) in [6, 6.07) is 4.60. The molecule has 1 N–H and O–H groups in total. The molecule has 0 spiro atoms. The van der Waals surface area contributed by atoms with E-state index in [1.54, 1.807) is 0 Å². The highest BCUT2D eigenvalue weighted by Crippen LogP contribution is 2.19. The van der Waals surface area contributed by atoms with Gasteiger partial charge < -0.3 is 9.88 Å². The Morgan fingerprint density at radius 3 is 3.05 bits per heavy atom. The highest BCUT2D eigenvalue weighted by Gasteiger charge is 2.18. The zero-order valence-corrected chi connectivity index (χ0v) is 12.5. The molecule has 3 rings (SSSR count). The number of imidazole rings is 1. The highest BCUT2D eigenvalue weighted by molar-refractivity contribution is 5.71. The van der Waals surface area contributed by atoms with Gasteiger partial charge in [-0.05, 0) is 37.4 Å². The molecule has 1 fully saturated rings. The first-order chi connectivity index (χ1) is 9.74. The van der Waals surface area contributed by atoms with Crippen molar-refractivity contribution >= 4 is 11.2 Å². The van der Waals surface area contributed by atoms with Gasteiger partial charge in [0.25, 0.3) is 0 Å². The fourth-order valence-corrected chi connectivity index (χ4v) is 3.02. The SMILES string of the molecule is CC(C)Cc1nc2cccnc2n1CC1CCCCN1. The second-order valence-electron chi connectivity index (χ2n) is 6.23. The molecule has 2 aromatic heterocycles. The first-order valence-corrected chi connectivity index (χ1v) is 7.77. The molecule has 0 bridgehead atoms. The van der Waals surface area contributed by atoms with E-state index in [1.165, 1.54) is 25.1 Å². The van der Waals surface area contributed by atoms with Crippen molar-refractivity contribution in [3.05, 3.63) is 24.2 Å². The van der Waals surface area contributed by atoms with E-state index in [0.717, 1.165) is 30.7 Å². The van der Waals surface area contributed by atoms with Gasteiger partial charge in [-0.25, -0.2) is 9.97 Å². The van der Waals surface area contributed by atoms with Gasteiger partial charge in [-0.3, -0.25) is 0 Å². The maximum Gasteiger partial charge on any atom is 0.160 e. The monoisotopic (exact) mass is 272 g/mol. The van der Waals surface area contributed by atoms with Crippen LogP contribution in [-0.4, -0.2) is 27.1 Å². The molecule has 4 nitrogen and oxygen atoms in total. The van der Waals surface area contributed by atoms with Crippen molar-refractivity contribution in [2.24, 2.45) is 5.92 Å². The lowest BCUT2D eigenvalue weighted by molar-refractivity contribution is 0.360. The number of hydrogen-bond donors (Lipinski definition) is 1. The molecule has 0 amide bonds. The Balaban J connectivity index is 1.92. The zero-order chi connectivity index (χ0) is 13.9. The van der Waals surface area contributed by atoms with Crippen LogP contribution in [-0.2, 0) is 13.0 Å². The van der Waals surface area contributed by atoms with Crippen LogP contribution in [0.4, 0.5) is 0 Å². The first kappa shape index (κ1) is 13.6. The van der Waals surface area contributed by atoms with Crippen molar-refractivity contribution in [1.29, 1.82) is 0 Å². The summed E-state index contributed by atoms with van der Waals surface area (Å²) in [6.45, 7) is 6.63. The Bertz CT molecular complexity index is 567. The third kappa shape index (κ3) is 2.85. The molecule has 1 unspecified atom stereocenters. The van der Waals surface area contributed by atoms with Crippen molar-refractivity contribution in [3.8, 4) is 0 Å². The number of nitrogens with zero attached hydrogens (tertiary/aromatic N) is 3.